The number of hydrogen-bond donors (Lipinski definition) is 1. The topological polar surface area (TPSA) is 78.8 Å². The Labute approximate surface area is 177 Å². The highest BCUT2D eigenvalue weighted by Crippen LogP contribution is 2.32. The summed E-state index contributed by atoms with van der Waals surface area (Å²) in [6.45, 7) is 1.20. The molecule has 0 spiro atoms. The van der Waals surface area contributed by atoms with Crippen LogP contribution in [0.2, 0.25) is 0 Å². The van der Waals surface area contributed by atoms with Crippen molar-refractivity contribution in [3.8, 4) is 0 Å². The van der Waals surface area contributed by atoms with E-state index in [1.54, 1.807) is 18.2 Å². The summed E-state index contributed by atoms with van der Waals surface area (Å²) in [7, 11) is -3.65. The molecule has 30 heavy (non-hydrogen) atoms. The molecule has 1 saturated heterocycles. The van der Waals surface area contributed by atoms with E-state index in [9.17, 15) is 13.2 Å². The minimum Gasteiger partial charge on any atom is -0.355 e. The Morgan fingerprint density at radius 2 is 1.83 bits per heavy atom. The van der Waals surface area contributed by atoms with Gasteiger partial charge >= 0.3 is 0 Å². The van der Waals surface area contributed by atoms with Crippen LogP contribution in [-0.4, -0.2) is 38.2 Å². The zero-order chi connectivity index (χ0) is 20.7. The van der Waals surface area contributed by atoms with Crippen molar-refractivity contribution in [2.45, 2.75) is 43.0 Å². The van der Waals surface area contributed by atoms with Gasteiger partial charge < -0.3 is 10.2 Å². The molecule has 6 nitrogen and oxygen atoms in total. The molecular weight excluding hydrogens is 398 g/mol. The van der Waals surface area contributed by atoms with Gasteiger partial charge in [-0.25, -0.2) is 0 Å². The van der Waals surface area contributed by atoms with E-state index < -0.39 is 10.0 Å². The van der Waals surface area contributed by atoms with Crippen molar-refractivity contribution in [3.63, 3.8) is 0 Å². The molecule has 156 valence electrons. The van der Waals surface area contributed by atoms with Gasteiger partial charge in [-0.1, -0.05) is 36.4 Å². The first-order valence-electron chi connectivity index (χ1n) is 10.6. The maximum absolute atomic E-state index is 13.1. The minimum absolute atomic E-state index is 0.0520. The van der Waals surface area contributed by atoms with Crippen molar-refractivity contribution in [1.82, 2.24) is 10.2 Å². The molecule has 3 aliphatic rings. The predicted octanol–water partition coefficient (Wildman–Crippen LogP) is 3.04. The molecule has 0 bridgehead atoms. The number of carbonyl (C=O) groups excluding carboxylic acids is 1. The zero-order valence-corrected chi connectivity index (χ0v) is 17.6. The van der Waals surface area contributed by atoms with Crippen molar-refractivity contribution < 1.29 is 13.2 Å². The van der Waals surface area contributed by atoms with Gasteiger partial charge in [-0.3, -0.25) is 4.79 Å². The van der Waals surface area contributed by atoms with Crippen molar-refractivity contribution in [1.29, 1.82) is 0 Å². The van der Waals surface area contributed by atoms with Gasteiger partial charge in [-0.05, 0) is 55.4 Å². The fourth-order valence-electron chi connectivity index (χ4n) is 4.89. The van der Waals surface area contributed by atoms with Gasteiger partial charge in [0.1, 0.15) is 4.90 Å². The number of aryl methyl sites for hydroxylation is 1. The highest BCUT2D eigenvalue weighted by molar-refractivity contribution is 7.90. The number of nitrogens with one attached hydrogen (secondary N) is 1. The third kappa shape index (κ3) is 3.41. The Kier molecular flexibility index (Phi) is 4.85. The van der Waals surface area contributed by atoms with E-state index in [0.29, 0.717) is 24.5 Å². The molecule has 0 aromatic heterocycles. The average molecular weight is 424 g/mol. The van der Waals surface area contributed by atoms with Crippen LogP contribution < -0.4 is 5.32 Å². The maximum atomic E-state index is 13.1. The number of piperidine rings is 1. The number of likely N-dealkylation sites (tertiary alicyclic amines) is 1. The molecule has 2 atom stereocenters. The van der Waals surface area contributed by atoms with Crippen LogP contribution >= 0.6 is 0 Å². The van der Waals surface area contributed by atoms with E-state index in [1.165, 1.54) is 11.1 Å². The fourth-order valence-corrected chi connectivity index (χ4v) is 6.12. The minimum atomic E-state index is -3.65. The lowest BCUT2D eigenvalue weighted by Gasteiger charge is -2.35. The molecular formula is C23H25N3O3S. The lowest BCUT2D eigenvalue weighted by molar-refractivity contribution is -0.127. The van der Waals surface area contributed by atoms with Crippen LogP contribution in [0.3, 0.4) is 0 Å². The number of carbonyl (C=O) groups is 1. The number of nitrogens with zero attached hydrogens (tertiary/aromatic N) is 2. The van der Waals surface area contributed by atoms with Crippen molar-refractivity contribution in [2.24, 2.45) is 10.3 Å². The summed E-state index contributed by atoms with van der Waals surface area (Å²) in [5.41, 5.74) is 3.19. The Bertz CT molecular complexity index is 1130. The Hall–Kier alpha value is -2.67. The first-order chi connectivity index (χ1) is 14.5. The Morgan fingerprint density at radius 1 is 1.03 bits per heavy atom. The fraction of sp³-hybridized carbons (Fsp3) is 0.391. The van der Waals surface area contributed by atoms with E-state index in [0.717, 1.165) is 32.1 Å². The molecule has 0 saturated carbocycles. The maximum Gasteiger partial charge on any atom is 0.285 e. The first kappa shape index (κ1) is 19.3. The second-order valence-corrected chi connectivity index (χ2v) is 9.90. The zero-order valence-electron chi connectivity index (χ0n) is 16.8. The third-order valence-corrected chi connectivity index (χ3v) is 7.72. The average Bonchev–Trinajstić information content (AvgIpc) is 3.05. The molecule has 1 amide bonds. The number of benzene rings is 2. The molecule has 1 aliphatic carbocycles. The molecule has 5 rings (SSSR count). The van der Waals surface area contributed by atoms with Gasteiger partial charge in [0.15, 0.2) is 5.84 Å². The third-order valence-electron chi connectivity index (χ3n) is 6.39. The van der Waals surface area contributed by atoms with Crippen LogP contribution in [0, 0.1) is 5.92 Å². The second-order valence-electron chi connectivity index (χ2n) is 8.32. The lowest BCUT2D eigenvalue weighted by atomic mass is 9.87. The van der Waals surface area contributed by atoms with Crippen LogP contribution in [0.4, 0.5) is 0 Å². The van der Waals surface area contributed by atoms with Crippen LogP contribution in [0.5, 0.6) is 0 Å². The monoisotopic (exact) mass is 423 g/mol. The second kappa shape index (κ2) is 7.54. The van der Waals surface area contributed by atoms with E-state index in [4.69, 9.17) is 0 Å². The Balaban J connectivity index is 1.33. The number of fused-ring (bicyclic) bond motifs is 2. The number of amides is 1. The quantitative estimate of drug-likeness (QED) is 0.805. The molecule has 1 fully saturated rings. The van der Waals surface area contributed by atoms with Gasteiger partial charge in [0.25, 0.3) is 10.0 Å². The van der Waals surface area contributed by atoms with E-state index >= 15 is 0 Å². The first-order valence-corrected chi connectivity index (χ1v) is 12.0. The summed E-state index contributed by atoms with van der Waals surface area (Å²) in [5.74, 6) is 0.355. The molecule has 2 aromatic carbocycles. The summed E-state index contributed by atoms with van der Waals surface area (Å²) >= 11 is 0. The van der Waals surface area contributed by atoms with E-state index in [2.05, 4.69) is 27.9 Å². The molecule has 2 heterocycles. The number of rotatable bonds is 2. The van der Waals surface area contributed by atoms with Crippen molar-refractivity contribution >= 4 is 21.8 Å². The summed E-state index contributed by atoms with van der Waals surface area (Å²) in [6.07, 6.45) is 4.73. The molecule has 1 N–H and O–H groups in total. The molecule has 0 unspecified atom stereocenters. The number of hydrogen-bond acceptors (Lipinski definition) is 4. The lowest BCUT2D eigenvalue weighted by Crippen LogP contribution is -2.46. The van der Waals surface area contributed by atoms with Gasteiger partial charge in [-0.15, -0.1) is 4.40 Å². The van der Waals surface area contributed by atoms with Gasteiger partial charge in [0.2, 0.25) is 5.91 Å². The highest BCUT2D eigenvalue weighted by atomic mass is 32.2. The van der Waals surface area contributed by atoms with E-state index in [1.807, 2.05) is 17.0 Å². The standard InChI is InChI=1S/C23H25N3O3S/c27-23(24-20-12-5-8-16-7-1-2-10-18(16)20)17-9-6-14-26(15-17)22-19-11-3-4-13-21(19)30(28,29)25-22/h1-4,7,10-11,13,17,20H,5-6,8-9,12,14-15H2,(H,24,27)/t17-,20-/m0/s1. The highest BCUT2D eigenvalue weighted by Gasteiger charge is 2.35. The van der Waals surface area contributed by atoms with Gasteiger partial charge in [-0.2, -0.15) is 8.42 Å². The normalized spacial score (nSPS) is 24.5. The number of amidine groups is 1. The molecule has 7 heteroatoms. The smallest absolute Gasteiger partial charge is 0.285 e. The largest absolute Gasteiger partial charge is 0.355 e. The number of sulfonamides is 1. The molecule has 2 aromatic rings. The summed E-state index contributed by atoms with van der Waals surface area (Å²) in [5, 5.41) is 3.27. The van der Waals surface area contributed by atoms with Crippen LogP contribution in [0.25, 0.3) is 0 Å². The summed E-state index contributed by atoms with van der Waals surface area (Å²) in [4.78, 5) is 15.3. The van der Waals surface area contributed by atoms with Crippen molar-refractivity contribution in [3.05, 3.63) is 65.2 Å². The van der Waals surface area contributed by atoms with Crippen LogP contribution in [0.15, 0.2) is 57.8 Å². The summed E-state index contributed by atoms with van der Waals surface area (Å²) < 4.78 is 28.8. The summed E-state index contributed by atoms with van der Waals surface area (Å²) in [6, 6.07) is 15.3. The Morgan fingerprint density at radius 3 is 2.73 bits per heavy atom. The van der Waals surface area contributed by atoms with E-state index in [-0.39, 0.29) is 22.8 Å². The van der Waals surface area contributed by atoms with Gasteiger partial charge in [0, 0.05) is 18.7 Å². The van der Waals surface area contributed by atoms with Crippen LogP contribution in [0.1, 0.15) is 48.4 Å². The predicted molar refractivity (Wildman–Crippen MR) is 115 cm³/mol. The molecule has 2 aliphatic heterocycles. The van der Waals surface area contributed by atoms with Gasteiger partial charge in [0.05, 0.1) is 12.0 Å². The van der Waals surface area contributed by atoms with Crippen LogP contribution in [-0.2, 0) is 21.2 Å². The van der Waals surface area contributed by atoms with Crippen molar-refractivity contribution in [2.75, 3.05) is 13.1 Å². The SMILES string of the molecule is O=C(N[C@H]1CCCc2ccccc21)[C@H]1CCCN(C2=NS(=O)(=O)c3ccccc32)C1. The molecule has 0 radical (unpaired) electrons.